The van der Waals surface area contributed by atoms with Crippen LogP contribution in [0.25, 0.3) is 11.1 Å². The molecule has 1 aromatic carbocycles. The second-order valence-electron chi connectivity index (χ2n) is 4.43. The van der Waals surface area contributed by atoms with Gasteiger partial charge in [0.15, 0.2) is 0 Å². The van der Waals surface area contributed by atoms with E-state index < -0.39 is 0 Å². The molecule has 0 saturated heterocycles. The van der Waals surface area contributed by atoms with E-state index in [-0.39, 0.29) is 12.4 Å². The summed E-state index contributed by atoms with van der Waals surface area (Å²) in [6.07, 6.45) is 15.1. The van der Waals surface area contributed by atoms with Crippen molar-refractivity contribution in [2.45, 2.75) is 12.8 Å². The summed E-state index contributed by atoms with van der Waals surface area (Å²) in [6.45, 7) is 0. The fraction of sp³-hybridized carbons (Fsp3) is 0.125. The molecule has 1 aromatic rings. The van der Waals surface area contributed by atoms with E-state index in [2.05, 4.69) is 54.7 Å². The van der Waals surface area contributed by atoms with Crippen molar-refractivity contribution in [3.63, 3.8) is 0 Å². The first-order valence-corrected chi connectivity index (χ1v) is 7.55. The van der Waals surface area contributed by atoms with Crippen molar-refractivity contribution >= 4 is 23.6 Å². The first-order chi connectivity index (χ1) is 8.90. The zero-order valence-corrected chi connectivity index (χ0v) is 14.8. The Morgan fingerprint density at radius 1 is 0.947 bits per heavy atom. The van der Waals surface area contributed by atoms with Crippen molar-refractivity contribution in [2.24, 2.45) is 0 Å². The topological polar surface area (TPSA) is 9.23 Å². The molecule has 0 saturated carbocycles. The van der Waals surface area contributed by atoms with Gasteiger partial charge in [0.25, 0.3) is 0 Å². The monoisotopic (exact) mass is 437 g/mol. The Labute approximate surface area is 135 Å². The number of hydrogen-bond donors (Lipinski definition) is 0. The van der Waals surface area contributed by atoms with Crippen molar-refractivity contribution in [1.29, 1.82) is 0 Å². The van der Waals surface area contributed by atoms with Crippen molar-refractivity contribution in [3.8, 4) is 5.75 Å². The van der Waals surface area contributed by atoms with Crippen LogP contribution in [0.1, 0.15) is 24.0 Å². The number of halogens is 1. The number of rotatable bonds is 3. The van der Waals surface area contributed by atoms with E-state index >= 15 is 0 Å². The van der Waals surface area contributed by atoms with E-state index in [1.807, 2.05) is 0 Å². The summed E-state index contributed by atoms with van der Waals surface area (Å²) in [6, 6.07) is 6.37. The van der Waals surface area contributed by atoms with E-state index in [1.165, 1.54) is 22.3 Å². The molecule has 0 fully saturated rings. The molecule has 95 valence electrons. The van der Waals surface area contributed by atoms with Gasteiger partial charge in [-0.15, -0.1) is 12.4 Å². The second-order valence-corrected chi connectivity index (χ2v) is 5.16. The summed E-state index contributed by atoms with van der Waals surface area (Å²) in [5.74, 6) is 1.03. The average molecular weight is 436 g/mol. The molecule has 2 aliphatic carbocycles. The van der Waals surface area contributed by atoms with Gasteiger partial charge in [0.2, 0.25) is 0 Å². The molecule has 3 rings (SSSR count). The molecule has 0 spiro atoms. The standard InChI is InChI=1S/C16H14O.ClH.Hf/c17-15-11-5-10-14(12-6-1-2-7-12)16(15)13-8-3-4-9-13;;/h1-6,8,10-11,17H,7,9H2;1H;/q;;+1/p-1. The van der Waals surface area contributed by atoms with Gasteiger partial charge in [-0.05, 0) is 0 Å². The normalized spacial score (nSPS) is 15.9. The summed E-state index contributed by atoms with van der Waals surface area (Å²) in [4.78, 5) is 0. The van der Waals surface area contributed by atoms with E-state index in [0.717, 1.165) is 43.4 Å². The van der Waals surface area contributed by atoms with Gasteiger partial charge in [-0.25, -0.2) is 0 Å². The maximum atomic E-state index is 5.68. The fourth-order valence-electron chi connectivity index (χ4n) is 2.49. The predicted octanol–water partition coefficient (Wildman–Crippen LogP) is 4.64. The van der Waals surface area contributed by atoms with E-state index in [1.54, 1.807) is 0 Å². The number of benzene rings is 1. The SMILES string of the molecule is Cl.[Hf][O]c1cccc(C2=CC=CC2)c1C1=CC=CC1. The van der Waals surface area contributed by atoms with Crippen LogP contribution in [0.15, 0.2) is 54.7 Å². The molecule has 19 heavy (non-hydrogen) atoms. The molecule has 0 heterocycles. The Kier molecular flexibility index (Phi) is 5.00. The summed E-state index contributed by atoms with van der Waals surface area (Å²) < 4.78 is 5.68. The molecule has 0 aliphatic heterocycles. The molecular formula is C16H14ClHfO. The summed E-state index contributed by atoms with van der Waals surface area (Å²) >= 11 is 0.726. The molecule has 0 aromatic heterocycles. The average Bonchev–Trinajstić information content (AvgIpc) is 3.10. The Morgan fingerprint density at radius 2 is 1.63 bits per heavy atom. The minimum absolute atomic E-state index is 0. The van der Waals surface area contributed by atoms with Gasteiger partial charge in [0.1, 0.15) is 0 Å². The first-order valence-electron chi connectivity index (χ1n) is 6.09. The van der Waals surface area contributed by atoms with Crippen LogP contribution in [-0.2, 0) is 24.8 Å². The van der Waals surface area contributed by atoms with E-state index in [9.17, 15) is 0 Å². The van der Waals surface area contributed by atoms with Crippen LogP contribution < -0.4 is 2.85 Å². The second kappa shape index (κ2) is 6.53. The molecule has 0 radical (unpaired) electrons. The molecule has 0 N–H and O–H groups in total. The number of hydrogen-bond acceptors (Lipinski definition) is 1. The Bertz CT molecular complexity index is 597. The van der Waals surface area contributed by atoms with Crippen molar-refractivity contribution in [3.05, 3.63) is 65.8 Å². The maximum absolute atomic E-state index is 5.68. The van der Waals surface area contributed by atoms with Crippen molar-refractivity contribution in [1.82, 2.24) is 0 Å². The minimum atomic E-state index is 0. The van der Waals surface area contributed by atoms with Crippen LogP contribution in [0.5, 0.6) is 5.75 Å². The van der Waals surface area contributed by atoms with Crippen LogP contribution in [0.3, 0.4) is 0 Å². The van der Waals surface area contributed by atoms with Crippen LogP contribution in [0.4, 0.5) is 0 Å². The third-order valence-corrected chi connectivity index (χ3v) is 4.14. The Hall–Kier alpha value is -0.860. The molecule has 0 amide bonds. The molecule has 2 aliphatic rings. The van der Waals surface area contributed by atoms with Gasteiger partial charge >= 0.3 is 123 Å². The van der Waals surface area contributed by atoms with Crippen LogP contribution in [-0.4, -0.2) is 0 Å². The van der Waals surface area contributed by atoms with Gasteiger partial charge in [-0.1, -0.05) is 0 Å². The van der Waals surface area contributed by atoms with Crippen LogP contribution in [0.2, 0.25) is 0 Å². The zero-order valence-electron chi connectivity index (χ0n) is 10.4. The van der Waals surface area contributed by atoms with Gasteiger partial charge in [-0.2, -0.15) is 0 Å². The summed E-state index contributed by atoms with van der Waals surface area (Å²) in [5, 5.41) is 0. The molecule has 0 bridgehead atoms. The van der Waals surface area contributed by atoms with Gasteiger partial charge in [0.05, 0.1) is 0 Å². The summed E-state index contributed by atoms with van der Waals surface area (Å²) in [5.41, 5.74) is 5.36. The fourth-order valence-corrected chi connectivity index (χ4v) is 3.11. The molecular weight excluding hydrogens is 422 g/mol. The van der Waals surface area contributed by atoms with Gasteiger partial charge in [-0.3, -0.25) is 0 Å². The van der Waals surface area contributed by atoms with Crippen molar-refractivity contribution < 1.29 is 27.7 Å². The molecule has 0 atom stereocenters. The quantitative estimate of drug-likeness (QED) is 0.628. The molecule has 1 nitrogen and oxygen atoms in total. The van der Waals surface area contributed by atoms with Crippen LogP contribution in [0, 0.1) is 0 Å². The Balaban J connectivity index is 0.00000133. The van der Waals surface area contributed by atoms with Gasteiger partial charge < -0.3 is 0 Å². The zero-order chi connectivity index (χ0) is 12.4. The molecule has 0 unspecified atom stereocenters. The third-order valence-electron chi connectivity index (χ3n) is 3.35. The third kappa shape index (κ3) is 2.85. The number of allylic oxidation sites excluding steroid dienone is 8. The van der Waals surface area contributed by atoms with Gasteiger partial charge in [0, 0.05) is 0 Å². The van der Waals surface area contributed by atoms with Crippen molar-refractivity contribution in [2.75, 3.05) is 0 Å². The summed E-state index contributed by atoms with van der Waals surface area (Å²) in [7, 11) is 0. The first kappa shape index (κ1) is 14.5. The molecule has 3 heteroatoms. The van der Waals surface area contributed by atoms with E-state index in [4.69, 9.17) is 2.85 Å². The van der Waals surface area contributed by atoms with Crippen LogP contribution >= 0.6 is 12.4 Å². The predicted molar refractivity (Wildman–Crippen MR) is 77.8 cm³/mol. The van der Waals surface area contributed by atoms with E-state index in [0.29, 0.717) is 0 Å². The Morgan fingerprint density at radius 3 is 2.21 bits per heavy atom.